The lowest BCUT2D eigenvalue weighted by molar-refractivity contribution is -0.159. The highest BCUT2D eigenvalue weighted by molar-refractivity contribution is 6.37. The van der Waals surface area contributed by atoms with Crippen LogP contribution in [0.3, 0.4) is 0 Å². The summed E-state index contributed by atoms with van der Waals surface area (Å²) in [6, 6.07) is 28.2. The van der Waals surface area contributed by atoms with Crippen molar-refractivity contribution in [2.45, 2.75) is 18.1 Å². The summed E-state index contributed by atoms with van der Waals surface area (Å²) in [5.74, 6) is -1.46. The summed E-state index contributed by atoms with van der Waals surface area (Å²) < 4.78 is 10.3. The average molecular weight is 428 g/mol. The molecule has 162 valence electrons. The van der Waals surface area contributed by atoms with Gasteiger partial charge in [0.1, 0.15) is 0 Å². The van der Waals surface area contributed by atoms with Gasteiger partial charge in [-0.25, -0.2) is 9.59 Å². The molecule has 0 amide bonds. The molecule has 3 aromatic rings. The van der Waals surface area contributed by atoms with Gasteiger partial charge in [-0.2, -0.15) is 0 Å². The quantitative estimate of drug-likeness (QED) is 0.439. The average Bonchev–Trinajstić information content (AvgIpc) is 2.85. The molecule has 1 atom stereocenters. The normalized spacial score (nSPS) is 18.0. The number of benzene rings is 3. The third kappa shape index (κ3) is 3.43. The fourth-order valence-corrected chi connectivity index (χ4v) is 4.19. The summed E-state index contributed by atoms with van der Waals surface area (Å²) in [5.41, 5.74) is 1.16. The predicted molar refractivity (Wildman–Crippen MR) is 122 cm³/mol. The first kappa shape index (κ1) is 21.3. The number of aliphatic imine (C=N–C) groups is 1. The third-order valence-corrected chi connectivity index (χ3v) is 5.64. The van der Waals surface area contributed by atoms with Crippen molar-refractivity contribution in [1.29, 1.82) is 0 Å². The zero-order valence-electron chi connectivity index (χ0n) is 18.0. The number of carbonyl (C=O) groups is 2. The molecule has 0 aliphatic carbocycles. The van der Waals surface area contributed by atoms with E-state index in [1.807, 2.05) is 91.0 Å². The van der Waals surface area contributed by atoms with Crippen LogP contribution in [-0.4, -0.2) is 37.4 Å². The van der Waals surface area contributed by atoms with Crippen LogP contribution < -0.4 is 4.90 Å². The Morgan fingerprint density at radius 3 is 1.84 bits per heavy atom. The van der Waals surface area contributed by atoms with E-state index in [-0.39, 0.29) is 0 Å². The molecule has 3 aromatic carbocycles. The van der Waals surface area contributed by atoms with Gasteiger partial charge in [-0.1, -0.05) is 78.9 Å². The zero-order valence-corrected chi connectivity index (χ0v) is 18.0. The summed E-state index contributed by atoms with van der Waals surface area (Å²) in [6.45, 7) is 0.317. The van der Waals surface area contributed by atoms with Gasteiger partial charge in [0.15, 0.2) is 0 Å². The van der Waals surface area contributed by atoms with Crippen LogP contribution in [0.25, 0.3) is 0 Å². The Hall–Kier alpha value is -3.93. The molecule has 6 nitrogen and oxygen atoms in total. The van der Waals surface area contributed by atoms with E-state index in [4.69, 9.17) is 14.5 Å². The molecule has 1 aliphatic heterocycles. The van der Waals surface area contributed by atoms with Gasteiger partial charge in [0.25, 0.3) is 5.54 Å². The number of esters is 2. The Kier molecular flexibility index (Phi) is 6.03. The van der Waals surface area contributed by atoms with Crippen molar-refractivity contribution in [2.24, 2.45) is 4.99 Å². The molecule has 1 fully saturated rings. The minimum atomic E-state index is -1.81. The molecule has 0 bridgehead atoms. The highest BCUT2D eigenvalue weighted by Gasteiger charge is 2.70. The van der Waals surface area contributed by atoms with E-state index in [1.165, 1.54) is 14.2 Å². The summed E-state index contributed by atoms with van der Waals surface area (Å²) in [4.78, 5) is 33.0. The summed E-state index contributed by atoms with van der Waals surface area (Å²) in [5, 5.41) is 0. The van der Waals surface area contributed by atoms with Crippen LogP contribution >= 0.6 is 0 Å². The van der Waals surface area contributed by atoms with Gasteiger partial charge in [0, 0.05) is 5.69 Å². The molecule has 1 aliphatic rings. The van der Waals surface area contributed by atoms with Gasteiger partial charge in [-0.15, -0.1) is 0 Å². The van der Waals surface area contributed by atoms with Crippen LogP contribution in [0.1, 0.15) is 17.2 Å². The number of carbonyl (C=O) groups excluding carboxylic acids is 2. The van der Waals surface area contributed by atoms with Gasteiger partial charge in [-0.05, 0) is 23.3 Å². The van der Waals surface area contributed by atoms with E-state index in [0.717, 1.165) is 11.1 Å². The first-order valence-corrected chi connectivity index (χ1v) is 10.3. The van der Waals surface area contributed by atoms with E-state index in [9.17, 15) is 9.59 Å². The van der Waals surface area contributed by atoms with Crippen molar-refractivity contribution in [3.05, 3.63) is 102 Å². The minimum absolute atomic E-state index is 0.317. The molecule has 0 radical (unpaired) electrons. The third-order valence-electron chi connectivity index (χ3n) is 5.64. The summed E-state index contributed by atoms with van der Waals surface area (Å²) in [7, 11) is 2.53. The Labute approximate surface area is 187 Å². The number of hydrogen-bond acceptors (Lipinski definition) is 6. The highest BCUT2D eigenvalue weighted by Crippen LogP contribution is 2.49. The van der Waals surface area contributed by atoms with Crippen molar-refractivity contribution in [1.82, 2.24) is 0 Å². The largest absolute Gasteiger partial charge is 0.467 e. The second-order valence-corrected chi connectivity index (χ2v) is 7.40. The Morgan fingerprint density at radius 1 is 0.812 bits per heavy atom. The molecule has 0 N–H and O–H groups in total. The van der Waals surface area contributed by atoms with Crippen LogP contribution in [0.2, 0.25) is 0 Å². The SMILES string of the molecule is COC(=O)C1(C(=O)OC)C(=NCc2ccccc2)C(c2ccccc2)N1c1ccccc1. The van der Waals surface area contributed by atoms with Crippen molar-refractivity contribution in [2.75, 3.05) is 19.1 Å². The maximum absolute atomic E-state index is 13.3. The lowest BCUT2D eigenvalue weighted by Crippen LogP contribution is -2.78. The fourth-order valence-electron chi connectivity index (χ4n) is 4.19. The van der Waals surface area contributed by atoms with E-state index < -0.39 is 23.5 Å². The molecular weight excluding hydrogens is 404 g/mol. The molecule has 0 spiro atoms. The monoisotopic (exact) mass is 428 g/mol. The molecule has 1 heterocycles. The number of hydrogen-bond donors (Lipinski definition) is 0. The van der Waals surface area contributed by atoms with Crippen molar-refractivity contribution < 1.29 is 19.1 Å². The van der Waals surface area contributed by atoms with Crippen molar-refractivity contribution in [3.8, 4) is 0 Å². The van der Waals surface area contributed by atoms with Crippen LogP contribution in [0, 0.1) is 0 Å². The second kappa shape index (κ2) is 9.06. The minimum Gasteiger partial charge on any atom is -0.467 e. The summed E-state index contributed by atoms with van der Waals surface area (Å²) >= 11 is 0. The standard InChI is InChI=1S/C26H24N2O4/c1-31-24(29)26(25(30)32-2)23(27-18-19-12-6-3-7-13-19)22(20-14-8-4-9-15-20)28(26)21-16-10-5-11-17-21/h3-17,22H,18H2,1-2H3. The van der Waals surface area contributed by atoms with Gasteiger partial charge >= 0.3 is 11.9 Å². The molecule has 0 saturated carbocycles. The molecule has 1 unspecified atom stereocenters. The predicted octanol–water partition coefficient (Wildman–Crippen LogP) is 3.97. The van der Waals surface area contributed by atoms with E-state index >= 15 is 0 Å². The Balaban J connectivity index is 1.93. The van der Waals surface area contributed by atoms with Crippen LogP contribution in [0.4, 0.5) is 5.69 Å². The first-order chi connectivity index (χ1) is 15.6. The number of para-hydroxylation sites is 1. The molecule has 1 saturated heterocycles. The van der Waals surface area contributed by atoms with Gasteiger partial charge in [0.2, 0.25) is 0 Å². The lowest BCUT2D eigenvalue weighted by Gasteiger charge is -2.56. The van der Waals surface area contributed by atoms with Gasteiger partial charge in [0.05, 0.1) is 32.5 Å². The van der Waals surface area contributed by atoms with Crippen LogP contribution in [0.5, 0.6) is 0 Å². The second-order valence-electron chi connectivity index (χ2n) is 7.40. The van der Waals surface area contributed by atoms with Gasteiger partial charge in [-0.3, -0.25) is 4.99 Å². The number of ether oxygens (including phenoxy) is 2. The number of rotatable bonds is 6. The van der Waals surface area contributed by atoms with Crippen LogP contribution in [-0.2, 0) is 25.6 Å². The van der Waals surface area contributed by atoms with Crippen LogP contribution in [0.15, 0.2) is 96.0 Å². The highest BCUT2D eigenvalue weighted by atomic mass is 16.5. The van der Waals surface area contributed by atoms with Crippen molar-refractivity contribution >= 4 is 23.3 Å². The number of methoxy groups -OCH3 is 2. The van der Waals surface area contributed by atoms with Crippen molar-refractivity contribution in [3.63, 3.8) is 0 Å². The van der Waals surface area contributed by atoms with E-state index in [2.05, 4.69) is 0 Å². The van der Waals surface area contributed by atoms with E-state index in [1.54, 1.807) is 4.90 Å². The molecule has 32 heavy (non-hydrogen) atoms. The Morgan fingerprint density at radius 2 is 1.31 bits per heavy atom. The lowest BCUT2D eigenvalue weighted by atomic mass is 9.72. The maximum atomic E-state index is 13.3. The number of nitrogens with zero attached hydrogens (tertiary/aromatic N) is 2. The van der Waals surface area contributed by atoms with E-state index in [0.29, 0.717) is 17.9 Å². The van der Waals surface area contributed by atoms with Gasteiger partial charge < -0.3 is 14.4 Å². The molecular formula is C26H24N2O4. The molecule has 6 heteroatoms. The first-order valence-electron chi connectivity index (χ1n) is 10.3. The fraction of sp³-hybridized carbons (Fsp3) is 0.192. The summed E-state index contributed by atoms with van der Waals surface area (Å²) in [6.07, 6.45) is 0. The number of anilines is 1. The topological polar surface area (TPSA) is 68.2 Å². The molecule has 4 rings (SSSR count). The zero-order chi connectivity index (χ0) is 22.6. The Bertz CT molecular complexity index is 1100. The molecule has 0 aromatic heterocycles. The smallest absolute Gasteiger partial charge is 0.349 e. The maximum Gasteiger partial charge on any atom is 0.349 e.